The van der Waals surface area contributed by atoms with Gasteiger partial charge in [0.1, 0.15) is 17.7 Å². The van der Waals surface area contributed by atoms with Crippen LogP contribution in [-0.4, -0.2) is 11.9 Å². The second-order valence-corrected chi connectivity index (χ2v) is 4.66. The van der Waals surface area contributed by atoms with Gasteiger partial charge in [-0.05, 0) is 32.0 Å². The molecule has 0 radical (unpaired) electrons. The van der Waals surface area contributed by atoms with Crippen molar-refractivity contribution in [3.63, 3.8) is 0 Å². The minimum absolute atomic E-state index is 0.0262. The maximum atomic E-state index is 11.9. The predicted molar refractivity (Wildman–Crippen MR) is 77.0 cm³/mol. The normalized spacial score (nSPS) is 9.30. The molecule has 6 heteroatoms. The molecule has 0 aliphatic heterocycles. The first-order valence-corrected chi connectivity index (χ1v) is 6.23. The number of carbonyl (C=O) groups excluding carboxylic acids is 1. The van der Waals surface area contributed by atoms with Crippen molar-refractivity contribution in [2.75, 3.05) is 5.32 Å². The molecule has 0 unspecified atom stereocenters. The maximum Gasteiger partial charge on any atom is 0.251 e. The Labute approximate surface area is 122 Å². The summed E-state index contributed by atoms with van der Waals surface area (Å²) in [6.45, 7) is 3.73. The lowest BCUT2D eigenvalue weighted by Gasteiger charge is -2.10. The zero-order valence-electron chi connectivity index (χ0n) is 11.1. The molecular formula is C14H13ClN4O. The number of rotatable bonds is 4. The van der Waals surface area contributed by atoms with Crippen LogP contribution in [0.2, 0.25) is 5.02 Å². The van der Waals surface area contributed by atoms with Gasteiger partial charge in [-0.25, -0.2) is 0 Å². The molecule has 0 bridgehead atoms. The van der Waals surface area contributed by atoms with Crippen LogP contribution in [0.1, 0.15) is 24.2 Å². The van der Waals surface area contributed by atoms with Gasteiger partial charge < -0.3 is 10.6 Å². The standard InChI is InChI=1S/C14H13ClN4O/c1-9(2)19-14(20)11-3-4-12(15)13(5-11)18-8-10(6-16)7-17/h3-5,8-9,18H,1-2H3,(H,19,20). The molecule has 2 N–H and O–H groups in total. The first-order valence-electron chi connectivity index (χ1n) is 5.85. The van der Waals surface area contributed by atoms with E-state index in [1.165, 1.54) is 6.20 Å². The van der Waals surface area contributed by atoms with Crippen molar-refractivity contribution in [3.05, 3.63) is 40.6 Å². The van der Waals surface area contributed by atoms with Gasteiger partial charge in [0.25, 0.3) is 5.91 Å². The van der Waals surface area contributed by atoms with Crippen LogP contribution in [0.4, 0.5) is 5.69 Å². The molecular weight excluding hydrogens is 276 g/mol. The predicted octanol–water partition coefficient (Wildman–Crippen LogP) is 2.82. The molecule has 0 aliphatic rings. The summed E-state index contributed by atoms with van der Waals surface area (Å²) >= 11 is 5.99. The molecule has 0 saturated carbocycles. The van der Waals surface area contributed by atoms with E-state index >= 15 is 0 Å². The Kier molecular flexibility index (Phi) is 5.58. The number of carbonyl (C=O) groups is 1. The van der Waals surface area contributed by atoms with E-state index in [-0.39, 0.29) is 17.5 Å². The lowest BCUT2D eigenvalue weighted by Crippen LogP contribution is -2.30. The highest BCUT2D eigenvalue weighted by atomic mass is 35.5. The molecule has 0 aromatic heterocycles. The van der Waals surface area contributed by atoms with Crippen LogP contribution >= 0.6 is 11.6 Å². The summed E-state index contributed by atoms with van der Waals surface area (Å²) in [6, 6.07) is 8.20. The van der Waals surface area contributed by atoms with Crippen molar-refractivity contribution in [1.82, 2.24) is 5.32 Å². The molecule has 1 rings (SSSR count). The number of anilines is 1. The van der Waals surface area contributed by atoms with Gasteiger partial charge in [-0.2, -0.15) is 10.5 Å². The number of amides is 1. The van der Waals surface area contributed by atoms with Crippen molar-refractivity contribution < 1.29 is 4.79 Å². The molecule has 0 saturated heterocycles. The summed E-state index contributed by atoms with van der Waals surface area (Å²) in [6.07, 6.45) is 1.24. The Hall–Kier alpha value is -2.50. The SMILES string of the molecule is CC(C)NC(=O)c1ccc(Cl)c(NC=C(C#N)C#N)c1. The van der Waals surface area contributed by atoms with Gasteiger partial charge in [0.05, 0.1) is 10.7 Å². The fraction of sp³-hybridized carbons (Fsp3) is 0.214. The summed E-state index contributed by atoms with van der Waals surface area (Å²) in [4.78, 5) is 11.9. The molecule has 20 heavy (non-hydrogen) atoms. The van der Waals surface area contributed by atoms with E-state index in [4.69, 9.17) is 22.1 Å². The zero-order chi connectivity index (χ0) is 15.1. The van der Waals surface area contributed by atoms with Crippen LogP contribution in [0.3, 0.4) is 0 Å². The largest absolute Gasteiger partial charge is 0.359 e. The molecule has 1 amide bonds. The van der Waals surface area contributed by atoms with Gasteiger partial charge in [0.2, 0.25) is 0 Å². The monoisotopic (exact) mass is 288 g/mol. The first kappa shape index (κ1) is 15.6. The van der Waals surface area contributed by atoms with Crippen LogP contribution in [0.5, 0.6) is 0 Å². The highest BCUT2D eigenvalue weighted by Crippen LogP contribution is 2.23. The number of nitrogens with zero attached hydrogens (tertiary/aromatic N) is 2. The fourth-order valence-corrected chi connectivity index (χ4v) is 1.53. The van der Waals surface area contributed by atoms with E-state index in [0.29, 0.717) is 16.3 Å². The third-order valence-corrected chi connectivity index (χ3v) is 2.59. The number of nitriles is 2. The smallest absolute Gasteiger partial charge is 0.251 e. The zero-order valence-corrected chi connectivity index (χ0v) is 11.8. The van der Waals surface area contributed by atoms with E-state index in [9.17, 15) is 4.79 Å². The number of halogens is 1. The molecule has 0 spiro atoms. The molecule has 0 aliphatic carbocycles. The molecule has 0 fully saturated rings. The summed E-state index contributed by atoms with van der Waals surface area (Å²) < 4.78 is 0. The van der Waals surface area contributed by atoms with Crippen molar-refractivity contribution in [3.8, 4) is 12.1 Å². The Bertz CT molecular complexity index is 607. The molecule has 0 atom stereocenters. The summed E-state index contributed by atoms with van der Waals surface area (Å²) in [7, 11) is 0. The quantitative estimate of drug-likeness (QED) is 0.834. The Morgan fingerprint density at radius 3 is 2.55 bits per heavy atom. The third kappa shape index (κ3) is 4.31. The number of allylic oxidation sites excluding steroid dienone is 1. The highest BCUT2D eigenvalue weighted by Gasteiger charge is 2.09. The van der Waals surface area contributed by atoms with Crippen LogP contribution in [0, 0.1) is 22.7 Å². The van der Waals surface area contributed by atoms with Gasteiger partial charge in [0, 0.05) is 17.8 Å². The summed E-state index contributed by atoms with van der Waals surface area (Å²) in [5.41, 5.74) is 0.804. The topological polar surface area (TPSA) is 88.7 Å². The number of hydrogen-bond donors (Lipinski definition) is 2. The number of benzene rings is 1. The summed E-state index contributed by atoms with van der Waals surface area (Å²) in [5, 5.41) is 23.2. The fourth-order valence-electron chi connectivity index (χ4n) is 1.36. The summed E-state index contributed by atoms with van der Waals surface area (Å²) in [5.74, 6) is -0.218. The molecule has 102 valence electrons. The molecule has 1 aromatic rings. The highest BCUT2D eigenvalue weighted by molar-refractivity contribution is 6.33. The van der Waals surface area contributed by atoms with E-state index < -0.39 is 0 Å². The van der Waals surface area contributed by atoms with Crippen molar-refractivity contribution in [2.45, 2.75) is 19.9 Å². The Morgan fingerprint density at radius 1 is 1.35 bits per heavy atom. The Morgan fingerprint density at radius 2 is 2.00 bits per heavy atom. The Balaban J connectivity index is 2.99. The van der Waals surface area contributed by atoms with Crippen LogP contribution in [0.15, 0.2) is 30.0 Å². The second kappa shape index (κ2) is 7.18. The lowest BCUT2D eigenvalue weighted by atomic mass is 10.1. The average Bonchev–Trinajstić information content (AvgIpc) is 2.40. The van der Waals surface area contributed by atoms with Gasteiger partial charge in [-0.3, -0.25) is 4.79 Å². The van der Waals surface area contributed by atoms with Gasteiger partial charge in [0.15, 0.2) is 0 Å². The minimum Gasteiger partial charge on any atom is -0.359 e. The van der Waals surface area contributed by atoms with Crippen LogP contribution in [0.25, 0.3) is 0 Å². The minimum atomic E-state index is -0.218. The van der Waals surface area contributed by atoms with Gasteiger partial charge in [-0.15, -0.1) is 0 Å². The lowest BCUT2D eigenvalue weighted by molar-refractivity contribution is 0.0943. The molecule has 5 nitrogen and oxygen atoms in total. The number of hydrogen-bond acceptors (Lipinski definition) is 4. The van der Waals surface area contributed by atoms with Crippen molar-refractivity contribution >= 4 is 23.2 Å². The van der Waals surface area contributed by atoms with Gasteiger partial charge in [-0.1, -0.05) is 11.6 Å². The molecule has 1 aromatic carbocycles. The third-order valence-electron chi connectivity index (χ3n) is 2.26. The van der Waals surface area contributed by atoms with Crippen molar-refractivity contribution in [1.29, 1.82) is 10.5 Å². The molecule has 0 heterocycles. The average molecular weight is 289 g/mol. The van der Waals surface area contributed by atoms with E-state index in [0.717, 1.165) is 0 Å². The van der Waals surface area contributed by atoms with Crippen LogP contribution < -0.4 is 10.6 Å². The van der Waals surface area contributed by atoms with Crippen LogP contribution in [-0.2, 0) is 0 Å². The van der Waals surface area contributed by atoms with Crippen molar-refractivity contribution in [2.24, 2.45) is 0 Å². The number of nitrogens with one attached hydrogen (secondary N) is 2. The first-order chi connectivity index (χ1) is 9.47. The van der Waals surface area contributed by atoms with E-state index in [1.54, 1.807) is 30.3 Å². The van der Waals surface area contributed by atoms with Gasteiger partial charge >= 0.3 is 0 Å². The maximum absolute atomic E-state index is 11.9. The second-order valence-electron chi connectivity index (χ2n) is 4.25. The van der Waals surface area contributed by atoms with E-state index in [2.05, 4.69) is 10.6 Å². The van der Waals surface area contributed by atoms with E-state index in [1.807, 2.05) is 13.8 Å².